The Labute approximate surface area is 98.0 Å². The molecule has 0 aromatic carbocycles. The molecule has 4 N–H and O–H groups in total. The number of aliphatic imine (C=N–C) groups is 1. The van der Waals surface area contributed by atoms with Crippen LogP contribution in [0.2, 0.25) is 0 Å². The molecule has 0 spiro atoms. The van der Waals surface area contributed by atoms with Crippen LogP contribution in [0.1, 0.15) is 52.4 Å². The van der Waals surface area contributed by atoms with Gasteiger partial charge in [0, 0.05) is 6.04 Å². The fourth-order valence-electron chi connectivity index (χ4n) is 2.23. The fourth-order valence-corrected chi connectivity index (χ4v) is 2.23. The summed E-state index contributed by atoms with van der Waals surface area (Å²) >= 11 is 0. The number of hydrogen-bond donors (Lipinski definition) is 3. The highest BCUT2D eigenvalue weighted by Gasteiger charge is 2.27. The van der Waals surface area contributed by atoms with Gasteiger partial charge in [-0.2, -0.15) is 0 Å². The zero-order valence-electron chi connectivity index (χ0n) is 10.4. The first-order valence-corrected chi connectivity index (χ1v) is 6.40. The molecule has 2 aliphatic carbocycles. The van der Waals surface area contributed by atoms with Gasteiger partial charge in [0.25, 0.3) is 0 Å². The quantitative estimate of drug-likeness (QED) is 0.288. The third kappa shape index (κ3) is 3.37. The topological polar surface area (TPSA) is 62.4 Å². The molecule has 0 unspecified atom stereocenters. The van der Waals surface area contributed by atoms with Gasteiger partial charge in [-0.05, 0) is 43.9 Å². The zero-order chi connectivity index (χ0) is 11.6. The second-order valence-electron chi connectivity index (χ2n) is 5.94. The molecule has 0 amide bonds. The van der Waals surface area contributed by atoms with E-state index >= 15 is 0 Å². The van der Waals surface area contributed by atoms with Crippen molar-refractivity contribution in [3.05, 3.63) is 0 Å². The summed E-state index contributed by atoms with van der Waals surface area (Å²) in [5.74, 6) is 6.26. The van der Waals surface area contributed by atoms with Crippen LogP contribution in [-0.4, -0.2) is 18.0 Å². The minimum atomic E-state index is 0.449. The molecule has 0 aliphatic heterocycles. The third-order valence-electron chi connectivity index (χ3n) is 3.68. The van der Waals surface area contributed by atoms with Crippen molar-refractivity contribution in [1.82, 2.24) is 10.7 Å². The predicted molar refractivity (Wildman–Crippen MR) is 67.0 cm³/mol. The third-order valence-corrected chi connectivity index (χ3v) is 3.68. The minimum absolute atomic E-state index is 0.449. The van der Waals surface area contributed by atoms with E-state index in [1.165, 1.54) is 38.5 Å². The summed E-state index contributed by atoms with van der Waals surface area (Å²) in [6.07, 6.45) is 7.40. The highest BCUT2D eigenvalue weighted by Crippen LogP contribution is 2.36. The first-order valence-electron chi connectivity index (χ1n) is 6.40. The summed E-state index contributed by atoms with van der Waals surface area (Å²) in [6.45, 7) is 4.69. The van der Waals surface area contributed by atoms with E-state index in [2.05, 4.69) is 29.6 Å². The van der Waals surface area contributed by atoms with Crippen LogP contribution in [0, 0.1) is 5.41 Å². The zero-order valence-corrected chi connectivity index (χ0v) is 10.4. The molecule has 0 atom stereocenters. The number of nitrogens with zero attached hydrogens (tertiary/aromatic N) is 1. The van der Waals surface area contributed by atoms with Crippen molar-refractivity contribution in [2.24, 2.45) is 16.3 Å². The molecule has 2 rings (SSSR count). The monoisotopic (exact) mass is 224 g/mol. The van der Waals surface area contributed by atoms with E-state index in [0.29, 0.717) is 17.5 Å². The molecule has 0 saturated heterocycles. The van der Waals surface area contributed by atoms with Gasteiger partial charge in [-0.25, -0.2) is 10.8 Å². The van der Waals surface area contributed by atoms with Crippen LogP contribution in [0.15, 0.2) is 4.99 Å². The smallest absolute Gasteiger partial charge is 0.206 e. The number of nitrogens with two attached hydrogens (primary N) is 1. The summed E-state index contributed by atoms with van der Waals surface area (Å²) in [6, 6.07) is 1.06. The van der Waals surface area contributed by atoms with Crippen molar-refractivity contribution >= 4 is 5.96 Å². The van der Waals surface area contributed by atoms with Gasteiger partial charge in [-0.1, -0.05) is 13.8 Å². The average Bonchev–Trinajstić information content (AvgIpc) is 3.04. The molecule has 4 heteroatoms. The van der Waals surface area contributed by atoms with Crippen molar-refractivity contribution in [2.45, 2.75) is 64.5 Å². The number of hydrazine groups is 1. The lowest BCUT2D eigenvalue weighted by molar-refractivity contribution is 0.226. The number of hydrogen-bond acceptors (Lipinski definition) is 2. The maximum absolute atomic E-state index is 5.48. The summed E-state index contributed by atoms with van der Waals surface area (Å²) in [5, 5.41) is 3.32. The standard InChI is InChI=1S/C12H24N4/c1-12(2)7-5-10(6-8-12)15-11(16-13)14-9-3-4-9/h9-10H,3-8,13H2,1-2H3,(H2,14,15,16). The summed E-state index contributed by atoms with van der Waals surface area (Å²) in [4.78, 5) is 4.67. The predicted octanol–water partition coefficient (Wildman–Crippen LogP) is 1.53. The Bertz CT molecular complexity index is 258. The first-order chi connectivity index (χ1) is 7.59. The summed E-state index contributed by atoms with van der Waals surface area (Å²) in [5.41, 5.74) is 3.19. The molecule has 0 aromatic rings. The average molecular weight is 224 g/mol. The normalized spacial score (nSPS) is 26.6. The fraction of sp³-hybridized carbons (Fsp3) is 0.917. The molecular formula is C12H24N4. The highest BCUT2D eigenvalue weighted by atomic mass is 15.3. The number of rotatable bonds is 2. The molecule has 92 valence electrons. The van der Waals surface area contributed by atoms with Crippen molar-refractivity contribution < 1.29 is 0 Å². The number of guanidine groups is 1. The highest BCUT2D eigenvalue weighted by molar-refractivity contribution is 5.79. The summed E-state index contributed by atoms with van der Waals surface area (Å²) in [7, 11) is 0. The van der Waals surface area contributed by atoms with Gasteiger partial charge in [0.05, 0.1) is 6.04 Å². The Morgan fingerprint density at radius 2 is 1.81 bits per heavy atom. The van der Waals surface area contributed by atoms with E-state index in [1.54, 1.807) is 0 Å². The van der Waals surface area contributed by atoms with Crippen LogP contribution in [-0.2, 0) is 0 Å². The molecule has 0 aromatic heterocycles. The van der Waals surface area contributed by atoms with Crippen molar-refractivity contribution in [3.8, 4) is 0 Å². The molecule has 0 heterocycles. The van der Waals surface area contributed by atoms with Gasteiger partial charge in [-0.3, -0.25) is 5.43 Å². The second kappa shape index (κ2) is 4.62. The maximum Gasteiger partial charge on any atom is 0.206 e. The molecule has 0 bridgehead atoms. The van der Waals surface area contributed by atoms with Gasteiger partial charge in [0.15, 0.2) is 0 Å². The van der Waals surface area contributed by atoms with Crippen LogP contribution in [0.4, 0.5) is 0 Å². The van der Waals surface area contributed by atoms with Crippen LogP contribution < -0.4 is 16.6 Å². The van der Waals surface area contributed by atoms with Gasteiger partial charge in [0.2, 0.25) is 5.96 Å². The lowest BCUT2D eigenvalue weighted by Gasteiger charge is -2.32. The molecular weight excluding hydrogens is 200 g/mol. The SMILES string of the molecule is CC1(C)CCC(N=C(NN)NC2CC2)CC1. The second-order valence-corrected chi connectivity index (χ2v) is 5.94. The molecule has 0 radical (unpaired) electrons. The van der Waals surface area contributed by atoms with Gasteiger partial charge >= 0.3 is 0 Å². The van der Waals surface area contributed by atoms with E-state index in [1.807, 2.05) is 0 Å². The van der Waals surface area contributed by atoms with E-state index in [-0.39, 0.29) is 0 Å². The first kappa shape index (κ1) is 11.7. The van der Waals surface area contributed by atoms with Crippen molar-refractivity contribution in [1.29, 1.82) is 0 Å². The molecule has 4 nitrogen and oxygen atoms in total. The minimum Gasteiger partial charge on any atom is -0.353 e. The van der Waals surface area contributed by atoms with Crippen molar-refractivity contribution in [2.75, 3.05) is 0 Å². The Hall–Kier alpha value is -0.770. The van der Waals surface area contributed by atoms with Crippen LogP contribution in [0.25, 0.3) is 0 Å². The maximum atomic E-state index is 5.48. The van der Waals surface area contributed by atoms with E-state index < -0.39 is 0 Å². The molecule has 16 heavy (non-hydrogen) atoms. The summed E-state index contributed by atoms with van der Waals surface area (Å²) < 4.78 is 0. The lowest BCUT2D eigenvalue weighted by atomic mass is 9.76. The van der Waals surface area contributed by atoms with E-state index in [0.717, 1.165) is 5.96 Å². The van der Waals surface area contributed by atoms with Gasteiger partial charge < -0.3 is 5.32 Å². The molecule has 2 saturated carbocycles. The Morgan fingerprint density at radius 3 is 2.31 bits per heavy atom. The molecule has 2 fully saturated rings. The van der Waals surface area contributed by atoms with Crippen LogP contribution >= 0.6 is 0 Å². The van der Waals surface area contributed by atoms with Crippen LogP contribution in [0.5, 0.6) is 0 Å². The Balaban J connectivity index is 1.84. The Morgan fingerprint density at radius 1 is 1.19 bits per heavy atom. The van der Waals surface area contributed by atoms with Crippen molar-refractivity contribution in [3.63, 3.8) is 0 Å². The lowest BCUT2D eigenvalue weighted by Crippen LogP contribution is -2.43. The largest absolute Gasteiger partial charge is 0.353 e. The van der Waals surface area contributed by atoms with Gasteiger partial charge in [0.1, 0.15) is 0 Å². The van der Waals surface area contributed by atoms with E-state index in [4.69, 9.17) is 5.84 Å². The van der Waals surface area contributed by atoms with E-state index in [9.17, 15) is 0 Å². The van der Waals surface area contributed by atoms with Gasteiger partial charge in [-0.15, -0.1) is 0 Å². The Kier molecular flexibility index (Phi) is 3.38. The number of nitrogens with one attached hydrogen (secondary N) is 2. The molecule has 2 aliphatic rings. The van der Waals surface area contributed by atoms with Crippen LogP contribution in [0.3, 0.4) is 0 Å².